The predicted molar refractivity (Wildman–Crippen MR) is 89.4 cm³/mol. The Morgan fingerprint density at radius 1 is 1.52 bits per heavy atom. The largest absolute Gasteiger partial charge is 0.467 e. The molecule has 0 amide bonds. The Balaban J connectivity index is 1.95. The Hall–Kier alpha value is -1.64. The fraction of sp³-hybridized carbons (Fsp3) is 0.286. The molecule has 0 saturated heterocycles. The molecule has 1 atom stereocenters. The summed E-state index contributed by atoms with van der Waals surface area (Å²) in [5, 5.41) is 7.42. The molecular formula is C14H14BrClFN5O. The van der Waals surface area contributed by atoms with Gasteiger partial charge in [-0.15, -0.1) is 5.10 Å². The number of hydrogen-bond acceptors (Lipinski definition) is 5. The molecule has 9 heteroatoms. The molecule has 6 nitrogen and oxygen atoms in total. The van der Waals surface area contributed by atoms with E-state index in [4.69, 9.17) is 21.8 Å². The number of fused-ring (bicyclic) bond motifs is 1. The highest BCUT2D eigenvalue weighted by atomic mass is 79.9. The van der Waals surface area contributed by atoms with E-state index < -0.39 is 12.7 Å². The maximum absolute atomic E-state index is 12.7. The summed E-state index contributed by atoms with van der Waals surface area (Å²) >= 11 is 9.44. The van der Waals surface area contributed by atoms with Gasteiger partial charge >= 0.3 is 0 Å². The first kappa shape index (κ1) is 16.2. The van der Waals surface area contributed by atoms with Gasteiger partial charge in [-0.1, -0.05) is 0 Å². The van der Waals surface area contributed by atoms with Gasteiger partial charge in [-0.2, -0.15) is 4.98 Å². The molecule has 0 aliphatic heterocycles. The molecule has 3 N–H and O–H groups in total. The van der Waals surface area contributed by atoms with Crippen LogP contribution in [0.4, 0.5) is 10.2 Å². The van der Waals surface area contributed by atoms with Crippen LogP contribution in [0.3, 0.4) is 0 Å². The molecule has 3 heterocycles. The van der Waals surface area contributed by atoms with Gasteiger partial charge in [0.2, 0.25) is 5.28 Å². The average Bonchev–Trinajstić information content (AvgIpc) is 3.15. The second kappa shape index (κ2) is 6.86. The van der Waals surface area contributed by atoms with Crippen molar-refractivity contribution in [2.24, 2.45) is 5.73 Å². The zero-order chi connectivity index (χ0) is 16.4. The maximum atomic E-state index is 12.7. The van der Waals surface area contributed by atoms with Gasteiger partial charge < -0.3 is 15.5 Å². The van der Waals surface area contributed by atoms with E-state index in [9.17, 15) is 4.39 Å². The molecule has 0 fully saturated rings. The van der Waals surface area contributed by atoms with Crippen molar-refractivity contribution in [2.75, 3.05) is 12.0 Å². The number of nitrogens with one attached hydrogen (secondary N) is 1. The summed E-state index contributed by atoms with van der Waals surface area (Å²) in [4.78, 5) is 4.21. The number of halogens is 3. The summed E-state index contributed by atoms with van der Waals surface area (Å²) in [5.74, 6) is 1.32. The lowest BCUT2D eigenvalue weighted by atomic mass is 10.1. The highest BCUT2D eigenvalue weighted by molar-refractivity contribution is 9.10. The molecule has 23 heavy (non-hydrogen) atoms. The van der Waals surface area contributed by atoms with Crippen LogP contribution < -0.4 is 11.1 Å². The smallest absolute Gasteiger partial charge is 0.243 e. The number of furan rings is 1. The fourth-order valence-corrected chi connectivity index (χ4v) is 2.95. The molecule has 0 spiro atoms. The minimum absolute atomic E-state index is 0.0945. The lowest BCUT2D eigenvalue weighted by Gasteiger charge is -2.06. The first-order chi connectivity index (χ1) is 11.1. The zero-order valence-corrected chi connectivity index (χ0v) is 14.3. The van der Waals surface area contributed by atoms with Crippen LogP contribution in [-0.2, 0) is 13.0 Å². The quantitative estimate of drug-likeness (QED) is 0.662. The van der Waals surface area contributed by atoms with Crippen molar-refractivity contribution in [2.45, 2.75) is 19.0 Å². The monoisotopic (exact) mass is 401 g/mol. The van der Waals surface area contributed by atoms with Crippen molar-refractivity contribution in [1.29, 1.82) is 0 Å². The van der Waals surface area contributed by atoms with E-state index in [0.29, 0.717) is 28.9 Å². The molecule has 0 radical (unpaired) electrons. The zero-order valence-electron chi connectivity index (χ0n) is 12.0. The van der Waals surface area contributed by atoms with E-state index in [1.54, 1.807) is 10.8 Å². The third-order valence-corrected chi connectivity index (χ3v) is 4.32. The van der Waals surface area contributed by atoms with E-state index >= 15 is 0 Å². The second-order valence-electron chi connectivity index (χ2n) is 5.04. The van der Waals surface area contributed by atoms with Crippen LogP contribution in [0.15, 0.2) is 33.5 Å². The average molecular weight is 403 g/mol. The van der Waals surface area contributed by atoms with E-state index in [1.165, 1.54) is 0 Å². The molecule has 0 bridgehead atoms. The Kier molecular flexibility index (Phi) is 4.84. The summed E-state index contributed by atoms with van der Waals surface area (Å²) in [7, 11) is 0. The Morgan fingerprint density at radius 3 is 3.04 bits per heavy atom. The topological polar surface area (TPSA) is 81.4 Å². The van der Waals surface area contributed by atoms with Gasteiger partial charge in [0.15, 0.2) is 5.82 Å². The maximum Gasteiger partial charge on any atom is 0.243 e. The lowest BCUT2D eigenvalue weighted by molar-refractivity contribution is 0.426. The van der Waals surface area contributed by atoms with E-state index in [-0.39, 0.29) is 5.28 Å². The van der Waals surface area contributed by atoms with E-state index in [1.807, 2.05) is 18.2 Å². The molecular weight excluding hydrogens is 389 g/mol. The minimum Gasteiger partial charge on any atom is -0.467 e. The lowest BCUT2D eigenvalue weighted by Crippen LogP contribution is -2.24. The Labute approximate surface area is 144 Å². The summed E-state index contributed by atoms with van der Waals surface area (Å²) < 4.78 is 20.2. The van der Waals surface area contributed by atoms with E-state index in [2.05, 4.69) is 31.3 Å². The molecule has 3 rings (SSSR count). The van der Waals surface area contributed by atoms with Crippen molar-refractivity contribution in [3.05, 3.63) is 45.7 Å². The van der Waals surface area contributed by atoms with Crippen LogP contribution in [-0.4, -0.2) is 27.3 Å². The van der Waals surface area contributed by atoms with Gasteiger partial charge in [-0.25, -0.2) is 8.91 Å². The number of rotatable bonds is 6. The summed E-state index contributed by atoms with van der Waals surface area (Å²) in [6.07, 6.45) is 1.99. The van der Waals surface area contributed by atoms with Crippen LogP contribution in [0.5, 0.6) is 0 Å². The molecule has 1 unspecified atom stereocenters. The number of alkyl halides is 1. The van der Waals surface area contributed by atoms with Crippen molar-refractivity contribution < 1.29 is 8.81 Å². The summed E-state index contributed by atoms with van der Waals surface area (Å²) in [6, 6.07) is 4.96. The number of nitrogens with zero attached hydrogens (tertiary/aromatic N) is 3. The number of nitrogens with two attached hydrogens (primary N) is 1. The molecule has 0 saturated carbocycles. The van der Waals surface area contributed by atoms with Crippen molar-refractivity contribution in [1.82, 2.24) is 14.6 Å². The van der Waals surface area contributed by atoms with Crippen LogP contribution in [0.2, 0.25) is 5.28 Å². The third kappa shape index (κ3) is 3.49. The minimum atomic E-state index is -0.589. The van der Waals surface area contributed by atoms with Gasteiger partial charge in [0.05, 0.1) is 12.8 Å². The number of hydrogen-bond donors (Lipinski definition) is 2. The van der Waals surface area contributed by atoms with Crippen LogP contribution >= 0.6 is 27.5 Å². The standard InChI is InChI=1S/C14H14BrClFN5O/c15-12-8(4-9(18)6-17)5-11-13(20-14(16)21-22(11)12)19-7-10-2-1-3-23-10/h1-3,5,9H,4,6-7,18H2,(H,19,20,21). The van der Waals surface area contributed by atoms with Crippen LogP contribution in [0.25, 0.3) is 5.52 Å². The third-order valence-electron chi connectivity index (χ3n) is 3.31. The van der Waals surface area contributed by atoms with Gasteiger partial charge in [-0.3, -0.25) is 0 Å². The van der Waals surface area contributed by atoms with Crippen molar-refractivity contribution >= 4 is 38.9 Å². The normalized spacial score (nSPS) is 12.7. The van der Waals surface area contributed by atoms with Gasteiger partial charge in [0, 0.05) is 6.04 Å². The van der Waals surface area contributed by atoms with E-state index in [0.717, 1.165) is 11.3 Å². The Morgan fingerprint density at radius 2 is 2.35 bits per heavy atom. The highest BCUT2D eigenvalue weighted by Gasteiger charge is 2.16. The SMILES string of the molecule is NC(CF)Cc1cc2c(NCc3ccco3)nc(Cl)nn2c1Br. The number of aromatic nitrogens is 3. The molecule has 0 aliphatic rings. The van der Waals surface area contributed by atoms with Gasteiger partial charge in [-0.05, 0) is 57.7 Å². The second-order valence-corrected chi connectivity index (χ2v) is 6.13. The Bertz CT molecular complexity index is 807. The molecule has 0 aliphatic carbocycles. The van der Waals surface area contributed by atoms with Gasteiger partial charge in [0.1, 0.15) is 22.6 Å². The highest BCUT2D eigenvalue weighted by Crippen LogP contribution is 2.27. The van der Waals surface area contributed by atoms with Crippen LogP contribution in [0.1, 0.15) is 11.3 Å². The first-order valence-electron chi connectivity index (χ1n) is 6.90. The number of anilines is 1. The summed E-state index contributed by atoms with van der Waals surface area (Å²) in [6.45, 7) is -0.132. The van der Waals surface area contributed by atoms with Crippen molar-refractivity contribution in [3.63, 3.8) is 0 Å². The first-order valence-corrected chi connectivity index (χ1v) is 8.07. The molecule has 3 aromatic heterocycles. The molecule has 3 aromatic rings. The predicted octanol–water partition coefficient (Wildman–Crippen LogP) is 3.19. The molecule has 122 valence electrons. The summed E-state index contributed by atoms with van der Waals surface area (Å²) in [5.41, 5.74) is 7.25. The molecule has 0 aromatic carbocycles. The van der Waals surface area contributed by atoms with Crippen molar-refractivity contribution in [3.8, 4) is 0 Å². The van der Waals surface area contributed by atoms with Crippen LogP contribution in [0, 0.1) is 0 Å². The van der Waals surface area contributed by atoms with Gasteiger partial charge in [0.25, 0.3) is 0 Å². The fourth-order valence-electron chi connectivity index (χ4n) is 2.24.